The number of rotatable bonds is 22. The molecular formula is C40H59N7O10. The number of aliphatic carboxylic acids is 1. The average Bonchev–Trinajstić information content (AvgIpc) is 3.12. The van der Waals surface area contributed by atoms with Crippen LogP contribution in [0.15, 0.2) is 54.6 Å². The number of hydrogen-bond donors (Lipinski definition) is 9. The minimum Gasteiger partial charge on any atom is -0.508 e. The third kappa shape index (κ3) is 18.7. The number of unbranched alkanes of at least 4 members (excludes halogenated alkanes) is 1. The summed E-state index contributed by atoms with van der Waals surface area (Å²) in [5.74, 6) is -4.86. The van der Waals surface area contributed by atoms with Gasteiger partial charge < -0.3 is 52.6 Å². The molecule has 0 aromatic heterocycles. The highest BCUT2D eigenvalue weighted by Gasteiger charge is 2.31. The van der Waals surface area contributed by atoms with Gasteiger partial charge in [0, 0.05) is 12.8 Å². The number of aromatic hydroxyl groups is 1. The molecule has 17 heteroatoms. The van der Waals surface area contributed by atoms with Gasteiger partial charge in [0.05, 0.1) is 6.54 Å². The van der Waals surface area contributed by atoms with Crippen LogP contribution >= 0.6 is 0 Å². The average molecular weight is 798 g/mol. The number of amides is 6. The highest BCUT2D eigenvalue weighted by Crippen LogP contribution is 2.14. The van der Waals surface area contributed by atoms with E-state index < -0.39 is 84.0 Å². The van der Waals surface area contributed by atoms with E-state index in [1.54, 1.807) is 63.2 Å². The summed E-state index contributed by atoms with van der Waals surface area (Å²) in [5, 5.41) is 34.6. The molecule has 0 radical (unpaired) electrons. The number of hydrogen-bond acceptors (Lipinski definition) is 10. The van der Waals surface area contributed by atoms with Crippen molar-refractivity contribution in [3.8, 4) is 5.75 Å². The van der Waals surface area contributed by atoms with Gasteiger partial charge in [0.15, 0.2) is 0 Å². The van der Waals surface area contributed by atoms with Crippen molar-refractivity contribution in [3.05, 3.63) is 65.7 Å². The Kier molecular flexibility index (Phi) is 19.5. The maximum atomic E-state index is 13.7. The largest absolute Gasteiger partial charge is 0.508 e. The van der Waals surface area contributed by atoms with E-state index in [1.807, 2.05) is 13.8 Å². The summed E-state index contributed by atoms with van der Waals surface area (Å²) < 4.78 is 5.30. The highest BCUT2D eigenvalue weighted by atomic mass is 16.6. The van der Waals surface area contributed by atoms with Crippen molar-refractivity contribution in [1.82, 2.24) is 31.9 Å². The number of phenolic OH excluding ortho intramolecular Hbond substituents is 1. The van der Waals surface area contributed by atoms with Gasteiger partial charge in [0.1, 0.15) is 41.6 Å². The lowest BCUT2D eigenvalue weighted by molar-refractivity contribution is -0.142. The van der Waals surface area contributed by atoms with Crippen molar-refractivity contribution in [2.75, 3.05) is 13.1 Å². The summed E-state index contributed by atoms with van der Waals surface area (Å²) >= 11 is 0. The van der Waals surface area contributed by atoms with Gasteiger partial charge in [-0.1, -0.05) is 56.3 Å². The zero-order valence-corrected chi connectivity index (χ0v) is 33.6. The number of carbonyl (C=O) groups is 7. The molecule has 0 aliphatic rings. The van der Waals surface area contributed by atoms with E-state index in [2.05, 4.69) is 31.9 Å². The standard InChI is InChI=1S/C40H59N7O10/c1-24(2)20-30(36(52)45-29(38(54)55)14-10-11-19-41)46-37(53)31(21-26-12-8-7-9-13-26)44-33(49)23-42-34(50)25(3)43-35(51)32(47-39(56)57-40(4,5)6)22-27-15-17-28(48)18-16-27/h7-9,12-13,15-18,24-25,29-32,48H,10-11,14,19-23,41H2,1-6H3,(H,42,50)(H,43,51)(H,44,49)(H,45,52)(H,46,53)(H,47,56)(H,54,55)/t25-,29+,30+,31+,32+/m1/s1. The molecule has 0 saturated carbocycles. The Balaban J connectivity index is 2.14. The first-order valence-corrected chi connectivity index (χ1v) is 19.0. The van der Waals surface area contributed by atoms with Crippen LogP contribution in [0.3, 0.4) is 0 Å². The molecule has 5 atom stereocenters. The zero-order chi connectivity index (χ0) is 42.7. The number of benzene rings is 2. The Labute approximate surface area is 333 Å². The maximum absolute atomic E-state index is 13.7. The quantitative estimate of drug-likeness (QED) is 0.0769. The molecule has 0 spiro atoms. The van der Waals surface area contributed by atoms with E-state index in [4.69, 9.17) is 10.5 Å². The van der Waals surface area contributed by atoms with Gasteiger partial charge in [0.2, 0.25) is 29.5 Å². The highest BCUT2D eigenvalue weighted by molar-refractivity contribution is 5.95. The van der Waals surface area contributed by atoms with Gasteiger partial charge in [-0.15, -0.1) is 0 Å². The third-order valence-electron chi connectivity index (χ3n) is 8.39. The molecule has 2 aromatic rings. The fourth-order valence-electron chi connectivity index (χ4n) is 5.53. The van der Waals surface area contributed by atoms with E-state index in [-0.39, 0.29) is 37.4 Å². The summed E-state index contributed by atoms with van der Waals surface area (Å²) in [6.45, 7) is 9.84. The van der Waals surface area contributed by atoms with Crippen molar-refractivity contribution < 1.29 is 48.5 Å². The van der Waals surface area contributed by atoms with E-state index in [0.717, 1.165) is 0 Å². The van der Waals surface area contributed by atoms with Crippen LogP contribution < -0.4 is 37.6 Å². The SMILES string of the molecule is CC(C)C[C@H](NC(=O)[C@H](Cc1ccccc1)NC(=O)CNC(=O)[C@@H](C)NC(=O)[C@H](Cc1ccc(O)cc1)NC(=O)OC(C)(C)C)C(=O)N[C@@H](CCCCN)C(=O)O. The minimum atomic E-state index is -1.22. The van der Waals surface area contributed by atoms with E-state index in [0.29, 0.717) is 30.5 Å². The van der Waals surface area contributed by atoms with Crippen molar-refractivity contribution >= 4 is 41.6 Å². The molecule has 0 bridgehead atoms. The molecule has 0 unspecified atom stereocenters. The van der Waals surface area contributed by atoms with Crippen LogP contribution in [0, 0.1) is 5.92 Å². The number of alkyl carbamates (subject to hydrolysis) is 1. The number of carboxylic acids is 1. The number of carboxylic acid groups (broad SMARTS) is 1. The molecule has 0 aliphatic heterocycles. The summed E-state index contributed by atoms with van der Waals surface area (Å²) in [7, 11) is 0. The molecule has 17 nitrogen and oxygen atoms in total. The molecule has 6 amide bonds. The zero-order valence-electron chi connectivity index (χ0n) is 33.6. The number of carbonyl (C=O) groups excluding carboxylic acids is 6. The molecule has 0 aliphatic carbocycles. The molecule has 2 rings (SSSR count). The van der Waals surface area contributed by atoms with Crippen LogP contribution in [0.4, 0.5) is 4.79 Å². The van der Waals surface area contributed by atoms with Crippen molar-refractivity contribution in [3.63, 3.8) is 0 Å². The van der Waals surface area contributed by atoms with Gasteiger partial charge in [-0.25, -0.2) is 9.59 Å². The summed E-state index contributed by atoms with van der Waals surface area (Å²) in [4.78, 5) is 91.0. The van der Waals surface area contributed by atoms with E-state index in [9.17, 15) is 43.8 Å². The Morgan fingerprint density at radius 1 is 0.684 bits per heavy atom. The molecule has 10 N–H and O–H groups in total. The molecule has 0 fully saturated rings. The first-order chi connectivity index (χ1) is 26.8. The lowest BCUT2D eigenvalue weighted by Gasteiger charge is -2.26. The Morgan fingerprint density at radius 2 is 1.23 bits per heavy atom. The third-order valence-corrected chi connectivity index (χ3v) is 8.39. The van der Waals surface area contributed by atoms with Gasteiger partial charge in [-0.05, 0) is 89.1 Å². The van der Waals surface area contributed by atoms with Gasteiger partial charge >= 0.3 is 12.1 Å². The van der Waals surface area contributed by atoms with Gasteiger partial charge in [-0.2, -0.15) is 0 Å². The second-order valence-electron chi connectivity index (χ2n) is 15.2. The fraction of sp³-hybridized carbons (Fsp3) is 0.525. The topological polar surface area (TPSA) is 267 Å². The smallest absolute Gasteiger partial charge is 0.408 e. The normalized spacial score (nSPS) is 13.8. The molecule has 0 heterocycles. The van der Waals surface area contributed by atoms with Gasteiger partial charge in [-0.3, -0.25) is 24.0 Å². The minimum absolute atomic E-state index is 0.00157. The summed E-state index contributed by atoms with van der Waals surface area (Å²) in [6, 6.07) is 8.97. The number of nitrogens with one attached hydrogen (secondary N) is 6. The van der Waals surface area contributed by atoms with E-state index >= 15 is 0 Å². The van der Waals surface area contributed by atoms with Crippen LogP contribution in [0.2, 0.25) is 0 Å². The predicted molar refractivity (Wildman–Crippen MR) is 212 cm³/mol. The van der Waals surface area contributed by atoms with Crippen molar-refractivity contribution in [1.29, 1.82) is 0 Å². The Hall–Kier alpha value is -5.71. The predicted octanol–water partition coefficient (Wildman–Crippen LogP) is 1.41. The number of phenols is 1. The molecule has 57 heavy (non-hydrogen) atoms. The Morgan fingerprint density at radius 3 is 1.79 bits per heavy atom. The first-order valence-electron chi connectivity index (χ1n) is 19.0. The van der Waals surface area contributed by atoms with Gasteiger partial charge in [0.25, 0.3) is 0 Å². The van der Waals surface area contributed by atoms with Crippen molar-refractivity contribution in [2.24, 2.45) is 11.7 Å². The van der Waals surface area contributed by atoms with Crippen LogP contribution in [0.5, 0.6) is 5.75 Å². The monoisotopic (exact) mass is 797 g/mol. The number of ether oxygens (including phenoxy) is 1. The molecule has 0 saturated heterocycles. The molecule has 314 valence electrons. The second-order valence-corrected chi connectivity index (χ2v) is 15.2. The lowest BCUT2D eigenvalue weighted by Crippen LogP contribution is -2.57. The van der Waals surface area contributed by atoms with E-state index in [1.165, 1.54) is 19.1 Å². The molecule has 2 aromatic carbocycles. The van der Waals surface area contributed by atoms with Crippen LogP contribution in [-0.4, -0.2) is 101 Å². The number of nitrogens with two attached hydrogens (primary N) is 1. The second kappa shape index (κ2) is 23.4. The maximum Gasteiger partial charge on any atom is 0.408 e. The van der Waals surface area contributed by atoms with Crippen LogP contribution in [0.25, 0.3) is 0 Å². The summed E-state index contributed by atoms with van der Waals surface area (Å²) in [6.07, 6.45) is 0.570. The lowest BCUT2D eigenvalue weighted by atomic mass is 10.0. The van der Waals surface area contributed by atoms with Crippen LogP contribution in [-0.2, 0) is 46.3 Å². The van der Waals surface area contributed by atoms with Crippen molar-refractivity contribution in [2.45, 2.75) is 116 Å². The fourth-order valence-corrected chi connectivity index (χ4v) is 5.53. The Bertz CT molecular complexity index is 1650. The first kappa shape index (κ1) is 47.4. The van der Waals surface area contributed by atoms with Crippen LogP contribution in [0.1, 0.15) is 78.4 Å². The summed E-state index contributed by atoms with van der Waals surface area (Å²) in [5.41, 5.74) is 5.97. The molecular weight excluding hydrogens is 738 g/mol.